The van der Waals surface area contributed by atoms with Crippen LogP contribution in [0.5, 0.6) is 0 Å². The molecule has 0 aliphatic heterocycles. The van der Waals surface area contributed by atoms with Gasteiger partial charge >= 0.3 is 0 Å². The topological polar surface area (TPSA) is 46.3 Å². The van der Waals surface area contributed by atoms with Crippen LogP contribution in [0.25, 0.3) is 0 Å². The van der Waals surface area contributed by atoms with E-state index in [0.717, 1.165) is 11.3 Å². The van der Waals surface area contributed by atoms with E-state index < -0.39 is 6.04 Å². The lowest BCUT2D eigenvalue weighted by Crippen LogP contribution is -2.42. The number of hydrogen-bond donors (Lipinski definition) is 1. The minimum Gasteiger partial charge on any atom is -0.320 e. The second-order valence-electron chi connectivity index (χ2n) is 3.66. The standard InChI is InChI=1S/C12H18N2O/c1-4-14(12(15)10(3)13)11-8-6-5-7-9(11)2/h5-8,10H,4,13H2,1-3H3. The number of carbonyl (C=O) groups is 1. The maximum Gasteiger partial charge on any atom is 0.243 e. The van der Waals surface area contributed by atoms with Crippen molar-refractivity contribution in [1.82, 2.24) is 0 Å². The molecule has 0 bridgehead atoms. The van der Waals surface area contributed by atoms with Gasteiger partial charge in [0.15, 0.2) is 0 Å². The number of rotatable bonds is 3. The second kappa shape index (κ2) is 4.94. The van der Waals surface area contributed by atoms with Crippen LogP contribution in [0, 0.1) is 6.92 Å². The van der Waals surface area contributed by atoms with Crippen molar-refractivity contribution in [3.63, 3.8) is 0 Å². The summed E-state index contributed by atoms with van der Waals surface area (Å²) in [6, 6.07) is 7.37. The van der Waals surface area contributed by atoms with Gasteiger partial charge in [0.2, 0.25) is 5.91 Å². The predicted molar refractivity (Wildman–Crippen MR) is 62.9 cm³/mol. The number of amides is 1. The zero-order valence-electron chi connectivity index (χ0n) is 9.53. The van der Waals surface area contributed by atoms with E-state index in [1.807, 2.05) is 38.1 Å². The van der Waals surface area contributed by atoms with Gasteiger partial charge in [-0.05, 0) is 32.4 Å². The zero-order valence-corrected chi connectivity index (χ0v) is 9.53. The van der Waals surface area contributed by atoms with Crippen molar-refractivity contribution in [2.75, 3.05) is 11.4 Å². The molecule has 0 aliphatic rings. The average Bonchev–Trinajstić information content (AvgIpc) is 2.21. The van der Waals surface area contributed by atoms with Gasteiger partial charge in [0, 0.05) is 12.2 Å². The number of nitrogens with zero attached hydrogens (tertiary/aromatic N) is 1. The molecule has 82 valence electrons. The summed E-state index contributed by atoms with van der Waals surface area (Å²) in [5.41, 5.74) is 7.65. The largest absolute Gasteiger partial charge is 0.320 e. The Labute approximate surface area is 90.9 Å². The van der Waals surface area contributed by atoms with Crippen LogP contribution in [0.3, 0.4) is 0 Å². The second-order valence-corrected chi connectivity index (χ2v) is 3.66. The van der Waals surface area contributed by atoms with Crippen molar-refractivity contribution in [2.24, 2.45) is 5.73 Å². The summed E-state index contributed by atoms with van der Waals surface area (Å²) in [4.78, 5) is 13.5. The number of benzene rings is 1. The van der Waals surface area contributed by atoms with Gasteiger partial charge in [-0.15, -0.1) is 0 Å². The molecule has 0 radical (unpaired) electrons. The molecule has 1 atom stereocenters. The first kappa shape index (κ1) is 11.7. The Bertz CT molecular complexity index is 347. The van der Waals surface area contributed by atoms with Gasteiger partial charge < -0.3 is 10.6 Å². The van der Waals surface area contributed by atoms with E-state index in [4.69, 9.17) is 5.73 Å². The maximum absolute atomic E-state index is 11.8. The number of anilines is 1. The molecule has 0 heterocycles. The van der Waals surface area contributed by atoms with E-state index in [-0.39, 0.29) is 5.91 Å². The Morgan fingerprint density at radius 2 is 2.07 bits per heavy atom. The molecule has 15 heavy (non-hydrogen) atoms. The molecular formula is C12H18N2O. The number of carbonyl (C=O) groups excluding carboxylic acids is 1. The Hall–Kier alpha value is -1.35. The summed E-state index contributed by atoms with van der Waals surface area (Å²) in [5.74, 6) is -0.0354. The molecule has 1 aromatic rings. The molecule has 0 saturated heterocycles. The van der Waals surface area contributed by atoms with Gasteiger partial charge in [0.05, 0.1) is 6.04 Å². The van der Waals surface area contributed by atoms with E-state index in [9.17, 15) is 4.79 Å². The van der Waals surface area contributed by atoms with Crippen LogP contribution in [0.2, 0.25) is 0 Å². The summed E-state index contributed by atoms with van der Waals surface area (Å²) < 4.78 is 0. The first-order valence-corrected chi connectivity index (χ1v) is 5.20. The van der Waals surface area contributed by atoms with Crippen molar-refractivity contribution in [2.45, 2.75) is 26.8 Å². The Morgan fingerprint density at radius 1 is 1.47 bits per heavy atom. The third-order valence-corrected chi connectivity index (χ3v) is 2.38. The number of likely N-dealkylation sites (N-methyl/N-ethyl adjacent to an activating group) is 1. The van der Waals surface area contributed by atoms with Crippen LogP contribution in [0.4, 0.5) is 5.69 Å². The summed E-state index contributed by atoms with van der Waals surface area (Å²) in [7, 11) is 0. The number of aryl methyl sites for hydroxylation is 1. The number of nitrogens with two attached hydrogens (primary N) is 1. The van der Waals surface area contributed by atoms with E-state index >= 15 is 0 Å². The Morgan fingerprint density at radius 3 is 2.53 bits per heavy atom. The van der Waals surface area contributed by atoms with E-state index in [2.05, 4.69) is 0 Å². The van der Waals surface area contributed by atoms with Crippen molar-refractivity contribution in [3.05, 3.63) is 29.8 Å². The summed E-state index contributed by atoms with van der Waals surface area (Å²) >= 11 is 0. The molecule has 3 nitrogen and oxygen atoms in total. The predicted octanol–water partition coefficient (Wildman–Crippen LogP) is 1.70. The normalized spacial score (nSPS) is 12.3. The van der Waals surface area contributed by atoms with Crippen molar-refractivity contribution in [3.8, 4) is 0 Å². The molecule has 0 aromatic heterocycles. The molecule has 2 N–H and O–H groups in total. The fourth-order valence-corrected chi connectivity index (χ4v) is 1.56. The zero-order chi connectivity index (χ0) is 11.4. The third-order valence-electron chi connectivity index (χ3n) is 2.38. The summed E-state index contributed by atoms with van der Waals surface area (Å²) in [6.07, 6.45) is 0. The van der Waals surface area contributed by atoms with Crippen LogP contribution in [-0.2, 0) is 4.79 Å². The highest BCUT2D eigenvalue weighted by Gasteiger charge is 2.18. The van der Waals surface area contributed by atoms with Crippen molar-refractivity contribution < 1.29 is 4.79 Å². The molecule has 0 aliphatic carbocycles. The lowest BCUT2D eigenvalue weighted by Gasteiger charge is -2.24. The van der Waals surface area contributed by atoms with E-state index in [1.165, 1.54) is 0 Å². The molecular weight excluding hydrogens is 188 g/mol. The third kappa shape index (κ3) is 2.57. The van der Waals surface area contributed by atoms with Crippen LogP contribution in [-0.4, -0.2) is 18.5 Å². The molecule has 1 unspecified atom stereocenters. The minimum absolute atomic E-state index is 0.0354. The van der Waals surface area contributed by atoms with Crippen LogP contribution in [0.15, 0.2) is 24.3 Å². The molecule has 0 spiro atoms. The molecule has 1 amide bonds. The van der Waals surface area contributed by atoms with Gasteiger partial charge in [-0.2, -0.15) is 0 Å². The molecule has 0 saturated carbocycles. The van der Waals surface area contributed by atoms with E-state index in [0.29, 0.717) is 6.54 Å². The molecule has 3 heteroatoms. The Balaban J connectivity index is 3.03. The lowest BCUT2D eigenvalue weighted by atomic mass is 10.1. The number of hydrogen-bond acceptors (Lipinski definition) is 2. The van der Waals surface area contributed by atoms with Gasteiger partial charge in [-0.1, -0.05) is 18.2 Å². The molecule has 1 rings (SSSR count). The molecule has 1 aromatic carbocycles. The summed E-state index contributed by atoms with van der Waals surface area (Å²) in [5, 5.41) is 0. The van der Waals surface area contributed by atoms with Gasteiger partial charge in [-0.3, -0.25) is 4.79 Å². The average molecular weight is 206 g/mol. The van der Waals surface area contributed by atoms with Gasteiger partial charge in [-0.25, -0.2) is 0 Å². The minimum atomic E-state index is -0.454. The van der Waals surface area contributed by atoms with Crippen LogP contribution >= 0.6 is 0 Å². The van der Waals surface area contributed by atoms with Gasteiger partial charge in [0.25, 0.3) is 0 Å². The first-order chi connectivity index (χ1) is 7.07. The van der Waals surface area contributed by atoms with Crippen LogP contribution in [0.1, 0.15) is 19.4 Å². The Kier molecular flexibility index (Phi) is 3.86. The maximum atomic E-state index is 11.8. The highest BCUT2D eigenvalue weighted by atomic mass is 16.2. The fourth-order valence-electron chi connectivity index (χ4n) is 1.56. The quantitative estimate of drug-likeness (QED) is 0.818. The lowest BCUT2D eigenvalue weighted by molar-refractivity contribution is -0.119. The highest BCUT2D eigenvalue weighted by Crippen LogP contribution is 2.19. The van der Waals surface area contributed by atoms with Crippen molar-refractivity contribution >= 4 is 11.6 Å². The molecule has 0 fully saturated rings. The van der Waals surface area contributed by atoms with Crippen molar-refractivity contribution in [1.29, 1.82) is 0 Å². The van der Waals surface area contributed by atoms with Crippen LogP contribution < -0.4 is 10.6 Å². The highest BCUT2D eigenvalue weighted by molar-refractivity contribution is 5.97. The SMILES string of the molecule is CCN(C(=O)C(C)N)c1ccccc1C. The monoisotopic (exact) mass is 206 g/mol. The summed E-state index contributed by atoms with van der Waals surface area (Å²) in [6.45, 7) is 6.30. The smallest absolute Gasteiger partial charge is 0.243 e. The number of para-hydroxylation sites is 1. The fraction of sp³-hybridized carbons (Fsp3) is 0.417. The van der Waals surface area contributed by atoms with E-state index in [1.54, 1.807) is 11.8 Å². The first-order valence-electron chi connectivity index (χ1n) is 5.20. The van der Waals surface area contributed by atoms with Gasteiger partial charge in [0.1, 0.15) is 0 Å².